The van der Waals surface area contributed by atoms with Crippen molar-refractivity contribution in [1.82, 2.24) is 4.98 Å². The number of aromatic carboxylic acids is 1. The third-order valence-corrected chi connectivity index (χ3v) is 1.75. The number of hydrogen-bond donors (Lipinski definition) is 1. The molecule has 0 aliphatic heterocycles. The monoisotopic (exact) mass is 225 g/mol. The van der Waals surface area contributed by atoms with Crippen molar-refractivity contribution in [3.63, 3.8) is 0 Å². The number of carbonyl (C=O) groups is 1. The SMILES string of the molecule is O=C(O)c1c(F)cnc(Cl)c1C(F)F. The van der Waals surface area contributed by atoms with Crippen LogP contribution in [-0.2, 0) is 0 Å². The second-order valence-corrected chi connectivity index (χ2v) is 2.65. The van der Waals surface area contributed by atoms with E-state index >= 15 is 0 Å². The molecule has 0 saturated heterocycles. The lowest BCUT2D eigenvalue weighted by Crippen LogP contribution is -2.08. The Morgan fingerprint density at radius 2 is 2.14 bits per heavy atom. The molecule has 1 heterocycles. The zero-order valence-corrected chi connectivity index (χ0v) is 7.23. The predicted molar refractivity (Wildman–Crippen MR) is 41.1 cm³/mol. The van der Waals surface area contributed by atoms with E-state index < -0.39 is 34.5 Å². The minimum absolute atomic E-state index is 0.484. The molecule has 0 aliphatic rings. The topological polar surface area (TPSA) is 50.2 Å². The molecule has 0 aromatic carbocycles. The fourth-order valence-electron chi connectivity index (χ4n) is 0.896. The van der Waals surface area contributed by atoms with E-state index in [2.05, 4.69) is 4.98 Å². The Morgan fingerprint density at radius 3 is 2.50 bits per heavy atom. The van der Waals surface area contributed by atoms with Gasteiger partial charge in [0, 0.05) is 0 Å². The summed E-state index contributed by atoms with van der Waals surface area (Å²) in [5.41, 5.74) is -2.24. The van der Waals surface area contributed by atoms with Crippen molar-refractivity contribution in [1.29, 1.82) is 0 Å². The number of halogens is 4. The summed E-state index contributed by atoms with van der Waals surface area (Å²) < 4.78 is 37.4. The summed E-state index contributed by atoms with van der Waals surface area (Å²) in [6.45, 7) is 0. The van der Waals surface area contributed by atoms with Gasteiger partial charge in [-0.3, -0.25) is 0 Å². The molecule has 1 aromatic rings. The van der Waals surface area contributed by atoms with Crippen LogP contribution in [0.15, 0.2) is 6.20 Å². The third-order valence-electron chi connectivity index (χ3n) is 1.45. The highest BCUT2D eigenvalue weighted by Gasteiger charge is 2.26. The molecule has 1 aromatic heterocycles. The number of carboxylic acid groups (broad SMARTS) is 1. The lowest BCUT2D eigenvalue weighted by Gasteiger charge is -2.06. The lowest BCUT2D eigenvalue weighted by atomic mass is 10.1. The van der Waals surface area contributed by atoms with E-state index in [0.29, 0.717) is 6.20 Å². The van der Waals surface area contributed by atoms with Gasteiger partial charge in [-0.1, -0.05) is 11.6 Å². The van der Waals surface area contributed by atoms with Gasteiger partial charge in [0.15, 0.2) is 5.82 Å². The average Bonchev–Trinajstić information content (AvgIpc) is 2.07. The van der Waals surface area contributed by atoms with E-state index in [-0.39, 0.29) is 0 Å². The molecule has 3 nitrogen and oxygen atoms in total. The number of pyridine rings is 1. The number of alkyl halides is 2. The Balaban J connectivity index is 3.50. The molecule has 1 N–H and O–H groups in total. The molecule has 0 amide bonds. The van der Waals surface area contributed by atoms with E-state index in [1.807, 2.05) is 0 Å². The standard InChI is InChI=1S/C7H3ClF3NO2/c8-5-4(6(10)11)3(7(13)14)2(9)1-12-5/h1,6H,(H,13,14). The highest BCUT2D eigenvalue weighted by Crippen LogP contribution is 2.30. The van der Waals surface area contributed by atoms with Crippen LogP contribution in [0.4, 0.5) is 13.2 Å². The molecule has 0 spiro atoms. The quantitative estimate of drug-likeness (QED) is 0.787. The Kier molecular flexibility index (Phi) is 2.95. The largest absolute Gasteiger partial charge is 0.478 e. The van der Waals surface area contributed by atoms with Crippen LogP contribution in [0.2, 0.25) is 5.15 Å². The minimum atomic E-state index is -3.18. The number of carboxylic acids is 1. The van der Waals surface area contributed by atoms with Gasteiger partial charge in [0.1, 0.15) is 10.7 Å². The Morgan fingerprint density at radius 1 is 1.57 bits per heavy atom. The van der Waals surface area contributed by atoms with Crippen molar-refractivity contribution < 1.29 is 23.1 Å². The van der Waals surface area contributed by atoms with Gasteiger partial charge < -0.3 is 5.11 Å². The summed E-state index contributed by atoms with van der Waals surface area (Å²) in [7, 11) is 0. The van der Waals surface area contributed by atoms with E-state index in [0.717, 1.165) is 0 Å². The van der Waals surface area contributed by atoms with Gasteiger partial charge in [0.05, 0.1) is 11.8 Å². The zero-order chi connectivity index (χ0) is 10.9. The summed E-state index contributed by atoms with van der Waals surface area (Å²) >= 11 is 5.22. The first-order valence-electron chi connectivity index (χ1n) is 3.30. The van der Waals surface area contributed by atoms with Crippen LogP contribution >= 0.6 is 11.6 Å². The van der Waals surface area contributed by atoms with Crippen LogP contribution in [-0.4, -0.2) is 16.1 Å². The Bertz CT molecular complexity index is 383. The fraction of sp³-hybridized carbons (Fsp3) is 0.143. The number of hydrogen-bond acceptors (Lipinski definition) is 2. The first-order chi connectivity index (χ1) is 6.45. The average molecular weight is 226 g/mol. The lowest BCUT2D eigenvalue weighted by molar-refractivity contribution is 0.0678. The molecule has 0 bridgehead atoms. The van der Waals surface area contributed by atoms with Gasteiger partial charge in [-0.2, -0.15) is 0 Å². The highest BCUT2D eigenvalue weighted by molar-refractivity contribution is 6.30. The summed E-state index contributed by atoms with van der Waals surface area (Å²) in [6.07, 6.45) is -2.70. The molecule has 0 radical (unpaired) electrons. The van der Waals surface area contributed by atoms with E-state index in [4.69, 9.17) is 16.7 Å². The second kappa shape index (κ2) is 3.83. The van der Waals surface area contributed by atoms with Crippen molar-refractivity contribution in [2.45, 2.75) is 6.43 Å². The third kappa shape index (κ3) is 1.79. The van der Waals surface area contributed by atoms with Crippen molar-refractivity contribution in [2.75, 3.05) is 0 Å². The molecule has 0 saturated carbocycles. The summed E-state index contributed by atoms with van der Waals surface area (Å²) in [5.74, 6) is -3.14. The molecule has 0 fully saturated rings. The van der Waals surface area contributed by atoms with Crippen molar-refractivity contribution in [3.8, 4) is 0 Å². The first kappa shape index (κ1) is 10.8. The molecule has 76 valence electrons. The maximum Gasteiger partial charge on any atom is 0.339 e. The van der Waals surface area contributed by atoms with Crippen LogP contribution in [0.1, 0.15) is 22.3 Å². The summed E-state index contributed by atoms with van der Waals surface area (Å²) in [5, 5.41) is 7.75. The fourth-order valence-corrected chi connectivity index (χ4v) is 1.12. The van der Waals surface area contributed by atoms with Crippen LogP contribution in [0.5, 0.6) is 0 Å². The summed E-state index contributed by atoms with van der Waals surface area (Å²) in [4.78, 5) is 13.5. The number of rotatable bonds is 2. The molecule has 0 aliphatic carbocycles. The molecular formula is C7H3ClF3NO2. The van der Waals surface area contributed by atoms with Crippen molar-refractivity contribution in [3.05, 3.63) is 28.3 Å². The summed E-state index contributed by atoms with van der Waals surface area (Å²) in [6, 6.07) is 0. The van der Waals surface area contributed by atoms with Gasteiger partial charge in [-0.05, 0) is 0 Å². The van der Waals surface area contributed by atoms with Gasteiger partial charge in [-0.15, -0.1) is 0 Å². The number of nitrogens with zero attached hydrogens (tertiary/aromatic N) is 1. The molecular weight excluding hydrogens is 223 g/mol. The molecule has 14 heavy (non-hydrogen) atoms. The van der Waals surface area contributed by atoms with Crippen LogP contribution in [0.3, 0.4) is 0 Å². The smallest absolute Gasteiger partial charge is 0.339 e. The van der Waals surface area contributed by atoms with Crippen molar-refractivity contribution >= 4 is 17.6 Å². The molecule has 1 rings (SSSR count). The van der Waals surface area contributed by atoms with Gasteiger partial charge in [0.2, 0.25) is 0 Å². The minimum Gasteiger partial charge on any atom is -0.478 e. The Hall–Kier alpha value is -1.30. The van der Waals surface area contributed by atoms with Gasteiger partial charge in [-0.25, -0.2) is 22.9 Å². The van der Waals surface area contributed by atoms with Crippen LogP contribution < -0.4 is 0 Å². The second-order valence-electron chi connectivity index (χ2n) is 2.29. The first-order valence-corrected chi connectivity index (χ1v) is 3.68. The maximum atomic E-state index is 12.8. The molecule has 7 heteroatoms. The molecule has 0 unspecified atom stereocenters. The van der Waals surface area contributed by atoms with Gasteiger partial charge in [0.25, 0.3) is 6.43 Å². The van der Waals surface area contributed by atoms with Gasteiger partial charge >= 0.3 is 5.97 Å². The predicted octanol–water partition coefficient (Wildman–Crippen LogP) is 2.51. The maximum absolute atomic E-state index is 12.8. The van der Waals surface area contributed by atoms with E-state index in [9.17, 15) is 18.0 Å². The van der Waals surface area contributed by atoms with Crippen LogP contribution in [0, 0.1) is 5.82 Å². The van der Waals surface area contributed by atoms with Crippen molar-refractivity contribution in [2.24, 2.45) is 0 Å². The zero-order valence-electron chi connectivity index (χ0n) is 6.47. The molecule has 0 atom stereocenters. The highest BCUT2D eigenvalue weighted by atomic mass is 35.5. The Labute approximate surface area is 81.1 Å². The van der Waals surface area contributed by atoms with E-state index in [1.54, 1.807) is 0 Å². The normalized spacial score (nSPS) is 10.6. The number of aromatic nitrogens is 1. The van der Waals surface area contributed by atoms with Crippen LogP contribution in [0.25, 0.3) is 0 Å². The van der Waals surface area contributed by atoms with E-state index in [1.165, 1.54) is 0 Å².